The van der Waals surface area contributed by atoms with Crippen LogP contribution in [0.4, 0.5) is 17.1 Å². The molecule has 10 heteroatoms. The predicted octanol–water partition coefficient (Wildman–Crippen LogP) is 1.98. The van der Waals surface area contributed by atoms with E-state index in [1.54, 1.807) is 18.0 Å². The van der Waals surface area contributed by atoms with Crippen molar-refractivity contribution in [3.63, 3.8) is 0 Å². The van der Waals surface area contributed by atoms with Gasteiger partial charge in [-0.3, -0.25) is 9.69 Å². The van der Waals surface area contributed by atoms with Crippen LogP contribution in [-0.2, 0) is 14.3 Å². The van der Waals surface area contributed by atoms with Crippen molar-refractivity contribution in [3.05, 3.63) is 18.2 Å². The third kappa shape index (κ3) is 6.59. The summed E-state index contributed by atoms with van der Waals surface area (Å²) in [4.78, 5) is 33.0. The number of anilines is 2. The van der Waals surface area contributed by atoms with E-state index < -0.39 is 0 Å². The molecular formula is C20H31Cl2N5O3. The van der Waals surface area contributed by atoms with E-state index in [0.29, 0.717) is 17.4 Å². The number of carbonyl (C=O) groups excluding carboxylic acids is 2. The number of hydrogen-bond acceptors (Lipinski definition) is 8. The van der Waals surface area contributed by atoms with Gasteiger partial charge < -0.3 is 19.9 Å². The van der Waals surface area contributed by atoms with Crippen LogP contribution in [0.5, 0.6) is 0 Å². The first kappa shape index (κ1) is 26.2. The van der Waals surface area contributed by atoms with E-state index >= 15 is 0 Å². The molecular weight excluding hydrogens is 429 g/mol. The lowest BCUT2D eigenvalue weighted by Crippen LogP contribution is -2.52. The summed E-state index contributed by atoms with van der Waals surface area (Å²) in [5, 5.41) is 3.42. The van der Waals surface area contributed by atoms with Crippen LogP contribution in [0.3, 0.4) is 0 Å². The van der Waals surface area contributed by atoms with Crippen molar-refractivity contribution in [3.8, 4) is 0 Å². The largest absolute Gasteiger partial charge is 0.468 e. The maximum absolute atomic E-state index is 11.6. The van der Waals surface area contributed by atoms with Crippen LogP contribution in [0.2, 0.25) is 0 Å². The first-order valence-electron chi connectivity index (χ1n) is 9.82. The number of hydrogen-bond donors (Lipinski definition) is 1. The Morgan fingerprint density at radius 3 is 2.50 bits per heavy atom. The number of nitrogens with one attached hydrogen (secondary N) is 1. The normalized spacial score (nSPS) is 17.2. The molecule has 168 valence electrons. The Kier molecular flexibility index (Phi) is 11.2. The van der Waals surface area contributed by atoms with Crippen LogP contribution in [0, 0.1) is 0 Å². The molecule has 2 fully saturated rings. The Morgan fingerprint density at radius 2 is 1.90 bits per heavy atom. The molecule has 2 saturated heterocycles. The van der Waals surface area contributed by atoms with Gasteiger partial charge >= 0.3 is 5.97 Å². The van der Waals surface area contributed by atoms with Crippen LogP contribution in [0.1, 0.15) is 12.8 Å². The number of ether oxygens (including phenoxy) is 1. The second-order valence-corrected chi connectivity index (χ2v) is 7.31. The van der Waals surface area contributed by atoms with E-state index in [4.69, 9.17) is 4.74 Å². The Bertz CT molecular complexity index is 731. The van der Waals surface area contributed by atoms with Crippen molar-refractivity contribution in [2.24, 2.45) is 4.99 Å². The number of rotatable bonds is 6. The first-order chi connectivity index (χ1) is 13.6. The molecule has 1 aromatic carbocycles. The Labute approximate surface area is 190 Å². The number of methoxy groups -OCH3 is 1. The minimum atomic E-state index is -0.346. The van der Waals surface area contributed by atoms with Gasteiger partial charge in [0.1, 0.15) is 12.2 Å². The number of halogens is 2. The van der Waals surface area contributed by atoms with Crippen molar-refractivity contribution in [1.82, 2.24) is 10.2 Å². The zero-order valence-corrected chi connectivity index (χ0v) is 19.1. The molecule has 0 amide bonds. The van der Waals surface area contributed by atoms with E-state index in [-0.39, 0.29) is 37.3 Å². The lowest BCUT2D eigenvalue weighted by molar-refractivity contribution is -0.138. The molecule has 1 N–H and O–H groups in total. The number of piperidine rings is 1. The average Bonchev–Trinajstić information content (AvgIpc) is 2.74. The zero-order chi connectivity index (χ0) is 19.9. The molecule has 1 aromatic rings. The number of esters is 1. The van der Waals surface area contributed by atoms with Gasteiger partial charge in [-0.1, -0.05) is 0 Å². The molecule has 2 aliphatic heterocycles. The molecule has 0 unspecified atom stereocenters. The lowest BCUT2D eigenvalue weighted by atomic mass is 10.0. The summed E-state index contributed by atoms with van der Waals surface area (Å²) in [5.74, 6) is -0.346. The van der Waals surface area contributed by atoms with Gasteiger partial charge in [0.2, 0.25) is 6.08 Å². The van der Waals surface area contributed by atoms with Gasteiger partial charge in [-0.25, -0.2) is 4.79 Å². The summed E-state index contributed by atoms with van der Waals surface area (Å²) in [7, 11) is 3.13. The van der Waals surface area contributed by atoms with Crippen LogP contribution >= 0.6 is 24.8 Å². The molecule has 0 radical (unpaired) electrons. The number of likely N-dealkylation sites (N-methyl/N-ethyl adjacent to an activating group) is 1. The molecule has 3 rings (SSSR count). The van der Waals surface area contributed by atoms with Gasteiger partial charge in [-0.2, -0.15) is 4.99 Å². The predicted molar refractivity (Wildman–Crippen MR) is 124 cm³/mol. The van der Waals surface area contributed by atoms with E-state index in [2.05, 4.69) is 20.1 Å². The minimum absolute atomic E-state index is 0. The van der Waals surface area contributed by atoms with E-state index in [9.17, 15) is 9.59 Å². The van der Waals surface area contributed by atoms with E-state index in [1.807, 2.05) is 18.2 Å². The monoisotopic (exact) mass is 459 g/mol. The lowest BCUT2D eigenvalue weighted by Gasteiger charge is -2.41. The summed E-state index contributed by atoms with van der Waals surface area (Å²) in [5.41, 5.74) is 2.25. The highest BCUT2D eigenvalue weighted by atomic mass is 35.5. The molecule has 30 heavy (non-hydrogen) atoms. The van der Waals surface area contributed by atoms with Crippen LogP contribution in [-0.4, -0.2) is 83.0 Å². The van der Waals surface area contributed by atoms with Gasteiger partial charge in [-0.05, 0) is 44.1 Å². The Balaban J connectivity index is 0.00000225. The van der Waals surface area contributed by atoms with Gasteiger partial charge in [0.15, 0.2) is 0 Å². The molecule has 0 atom stereocenters. The van der Waals surface area contributed by atoms with Crippen molar-refractivity contribution in [2.45, 2.75) is 18.9 Å². The number of piperazine rings is 1. The molecule has 2 heterocycles. The SMILES string of the molecule is COC(=O)CN(C)c1ccc(N2CCN(C3CCNCC3)CC2)cc1N=C=O.Cl.Cl. The molecule has 0 aliphatic carbocycles. The van der Waals surface area contributed by atoms with Gasteiger partial charge in [0.05, 0.1) is 12.8 Å². The van der Waals surface area contributed by atoms with Gasteiger partial charge in [0.25, 0.3) is 0 Å². The van der Waals surface area contributed by atoms with Crippen LogP contribution < -0.4 is 15.1 Å². The summed E-state index contributed by atoms with van der Waals surface area (Å²) in [6.07, 6.45) is 4.07. The highest BCUT2D eigenvalue weighted by molar-refractivity contribution is 5.85. The smallest absolute Gasteiger partial charge is 0.325 e. The average molecular weight is 460 g/mol. The van der Waals surface area contributed by atoms with Crippen molar-refractivity contribution in [2.75, 3.05) is 69.8 Å². The quantitative estimate of drug-likeness (QED) is 0.395. The van der Waals surface area contributed by atoms with Gasteiger partial charge in [-0.15, -0.1) is 24.8 Å². The highest BCUT2D eigenvalue weighted by Crippen LogP contribution is 2.33. The van der Waals surface area contributed by atoms with Crippen molar-refractivity contribution in [1.29, 1.82) is 0 Å². The summed E-state index contributed by atoms with van der Waals surface area (Å²) < 4.78 is 4.72. The maximum atomic E-state index is 11.6. The number of carbonyl (C=O) groups is 1. The maximum Gasteiger partial charge on any atom is 0.325 e. The molecule has 0 spiro atoms. The summed E-state index contributed by atoms with van der Waals surface area (Å²) >= 11 is 0. The zero-order valence-electron chi connectivity index (χ0n) is 17.5. The fraction of sp³-hybridized carbons (Fsp3) is 0.600. The Morgan fingerprint density at radius 1 is 1.23 bits per heavy atom. The van der Waals surface area contributed by atoms with Crippen molar-refractivity contribution >= 4 is 53.9 Å². The topological polar surface area (TPSA) is 77.5 Å². The highest BCUT2D eigenvalue weighted by Gasteiger charge is 2.25. The summed E-state index contributed by atoms with van der Waals surface area (Å²) in [6.45, 7) is 6.29. The molecule has 0 saturated carbocycles. The third-order valence-corrected chi connectivity index (χ3v) is 5.63. The fourth-order valence-electron chi connectivity index (χ4n) is 4.03. The van der Waals surface area contributed by atoms with Crippen LogP contribution in [0.15, 0.2) is 23.2 Å². The van der Waals surface area contributed by atoms with E-state index in [1.165, 1.54) is 20.0 Å². The fourth-order valence-corrected chi connectivity index (χ4v) is 4.03. The number of benzene rings is 1. The number of nitrogens with zero attached hydrogens (tertiary/aromatic N) is 4. The number of aliphatic imine (C=N–C) groups is 1. The molecule has 2 aliphatic rings. The number of isocyanates is 1. The standard InChI is InChI=1S/C20H29N5O3.2ClH/c1-23(14-20(27)28-2)19-4-3-17(13-18(19)22-15-26)25-11-9-24(10-12-25)16-5-7-21-8-6-16;;/h3-4,13,16,21H,5-12,14H2,1-2H3;2*1H. The molecule has 0 bridgehead atoms. The van der Waals surface area contributed by atoms with Crippen molar-refractivity contribution < 1.29 is 14.3 Å². The van der Waals surface area contributed by atoms with Gasteiger partial charge in [0, 0.05) is 45.0 Å². The second-order valence-electron chi connectivity index (χ2n) is 7.31. The molecule has 8 nitrogen and oxygen atoms in total. The van der Waals surface area contributed by atoms with E-state index in [0.717, 1.165) is 45.0 Å². The minimum Gasteiger partial charge on any atom is -0.468 e. The third-order valence-electron chi connectivity index (χ3n) is 5.63. The van der Waals surface area contributed by atoms with Crippen LogP contribution in [0.25, 0.3) is 0 Å². The Hall–Kier alpha value is -1.83. The first-order valence-corrected chi connectivity index (χ1v) is 9.82. The molecule has 0 aromatic heterocycles. The second kappa shape index (κ2) is 12.8. The summed E-state index contributed by atoms with van der Waals surface area (Å²) in [6, 6.07) is 6.50.